The number of amides is 2. The van der Waals surface area contributed by atoms with E-state index in [-0.39, 0.29) is 35.4 Å². The van der Waals surface area contributed by atoms with Crippen LogP contribution in [0.4, 0.5) is 5.69 Å². The summed E-state index contributed by atoms with van der Waals surface area (Å²) >= 11 is 0. The van der Waals surface area contributed by atoms with Crippen LogP contribution in [0.3, 0.4) is 0 Å². The van der Waals surface area contributed by atoms with Gasteiger partial charge in [-0.3, -0.25) is 9.59 Å². The average molecular weight is 675 g/mol. The number of nitrogens with one attached hydrogen (secondary N) is 3. The topological polar surface area (TPSA) is 168 Å². The smallest absolute Gasteiger partial charge is 0.330 e. The molecule has 0 aromatic heterocycles. The second-order valence-electron chi connectivity index (χ2n) is 12.3. The molecule has 0 spiro atoms. The van der Waals surface area contributed by atoms with Crippen LogP contribution in [0.1, 0.15) is 49.7 Å². The van der Waals surface area contributed by atoms with E-state index in [9.17, 15) is 31.2 Å². The number of rotatable bonds is 10. The number of esters is 1. The number of hydrogen-bond acceptors (Lipinski definition) is 10. The van der Waals surface area contributed by atoms with Crippen LogP contribution in [-0.4, -0.2) is 88.3 Å². The Labute approximate surface area is 270 Å². The fraction of sp³-hybridized carbons (Fsp3) is 0.531. The summed E-state index contributed by atoms with van der Waals surface area (Å²) in [6.07, 6.45) is 3.84. The Morgan fingerprint density at radius 2 is 1.61 bits per heavy atom. The maximum absolute atomic E-state index is 14.3. The van der Waals surface area contributed by atoms with E-state index < -0.39 is 55.7 Å². The number of carbonyl (C=O) groups is 3. The molecule has 2 aliphatic heterocycles. The van der Waals surface area contributed by atoms with Crippen molar-refractivity contribution in [1.29, 1.82) is 0 Å². The van der Waals surface area contributed by atoms with Crippen LogP contribution < -0.4 is 16.0 Å². The first kappa shape index (κ1) is 34.0. The Bertz CT molecular complexity index is 1620. The van der Waals surface area contributed by atoms with Gasteiger partial charge in [0, 0.05) is 24.6 Å². The predicted octanol–water partition coefficient (Wildman–Crippen LogP) is 1.93. The Balaban J connectivity index is 1.48. The molecule has 250 valence electrons. The van der Waals surface area contributed by atoms with Gasteiger partial charge in [0.25, 0.3) is 15.9 Å². The molecule has 2 aromatic carbocycles. The molecule has 3 aliphatic rings. The number of hydrogen-bond donors (Lipinski definition) is 3. The highest BCUT2D eigenvalue weighted by Gasteiger charge is 2.45. The van der Waals surface area contributed by atoms with Gasteiger partial charge in [-0.2, -0.15) is 0 Å². The van der Waals surface area contributed by atoms with Gasteiger partial charge in [0.2, 0.25) is 5.91 Å². The van der Waals surface area contributed by atoms with Gasteiger partial charge in [0.1, 0.15) is 18.2 Å². The number of ether oxygens (including phenoxy) is 1. The van der Waals surface area contributed by atoms with E-state index in [1.54, 1.807) is 43.3 Å². The number of benzene rings is 2. The number of anilines is 1. The van der Waals surface area contributed by atoms with Crippen molar-refractivity contribution in [2.45, 2.75) is 75.0 Å². The highest BCUT2D eigenvalue weighted by atomic mass is 32.2. The second kappa shape index (κ2) is 14.6. The van der Waals surface area contributed by atoms with Gasteiger partial charge in [0.05, 0.1) is 16.4 Å². The lowest BCUT2D eigenvalue weighted by Crippen LogP contribution is -2.60. The molecule has 0 bridgehead atoms. The summed E-state index contributed by atoms with van der Waals surface area (Å²) in [6.45, 7) is 3.31. The van der Waals surface area contributed by atoms with Crippen LogP contribution in [0.2, 0.25) is 0 Å². The molecule has 1 unspecified atom stereocenters. The van der Waals surface area contributed by atoms with Gasteiger partial charge in [-0.1, -0.05) is 29.8 Å². The summed E-state index contributed by atoms with van der Waals surface area (Å²) in [4.78, 5) is 40.6. The zero-order valence-electron chi connectivity index (χ0n) is 25.9. The van der Waals surface area contributed by atoms with Crippen LogP contribution in [-0.2, 0) is 45.4 Å². The number of nitrogens with zero attached hydrogens (tertiary/aromatic N) is 1. The predicted molar refractivity (Wildman–Crippen MR) is 172 cm³/mol. The fourth-order valence-corrected chi connectivity index (χ4v) is 9.08. The summed E-state index contributed by atoms with van der Waals surface area (Å²) in [5, 5.41) is 8.99. The first-order valence-corrected chi connectivity index (χ1v) is 19.1. The van der Waals surface area contributed by atoms with E-state index in [4.69, 9.17) is 4.74 Å². The van der Waals surface area contributed by atoms with Crippen molar-refractivity contribution in [3.63, 3.8) is 0 Å². The average Bonchev–Trinajstić information content (AvgIpc) is 3.54. The SMILES string of the molecule is Cc1ccc(S(=O)(=O)N(C(=O)C2CS(=O)(=O)CCN2)[C@@H](Cc2ccc(NC(=O)C3CCNCC3)cc2)C(=O)OC2CCCC2)cc1. The maximum Gasteiger partial charge on any atom is 0.330 e. The third-order valence-corrected chi connectivity index (χ3v) is 12.3. The van der Waals surface area contributed by atoms with Crippen LogP contribution in [0, 0.1) is 12.8 Å². The number of carbonyl (C=O) groups excluding carboxylic acids is 3. The molecule has 2 aromatic rings. The summed E-state index contributed by atoms with van der Waals surface area (Å²) in [5.74, 6) is -2.87. The monoisotopic (exact) mass is 674 g/mol. The minimum Gasteiger partial charge on any atom is -0.461 e. The van der Waals surface area contributed by atoms with Crippen molar-refractivity contribution < 1.29 is 36.0 Å². The van der Waals surface area contributed by atoms with E-state index in [0.717, 1.165) is 44.3 Å². The van der Waals surface area contributed by atoms with Crippen LogP contribution in [0.5, 0.6) is 0 Å². The van der Waals surface area contributed by atoms with Crippen molar-refractivity contribution in [2.24, 2.45) is 5.92 Å². The number of sulfone groups is 1. The quantitative estimate of drug-likeness (QED) is 0.317. The molecule has 1 aliphatic carbocycles. The molecule has 14 heteroatoms. The molecule has 2 heterocycles. The molecule has 12 nitrogen and oxygen atoms in total. The molecule has 2 saturated heterocycles. The Kier molecular flexibility index (Phi) is 10.8. The van der Waals surface area contributed by atoms with Gasteiger partial charge < -0.3 is 20.7 Å². The zero-order chi connectivity index (χ0) is 32.9. The lowest BCUT2D eigenvalue weighted by molar-refractivity contribution is -0.156. The van der Waals surface area contributed by atoms with Gasteiger partial charge in [0.15, 0.2) is 9.84 Å². The molecular weight excluding hydrogens is 633 g/mol. The van der Waals surface area contributed by atoms with E-state index in [1.807, 2.05) is 0 Å². The summed E-state index contributed by atoms with van der Waals surface area (Å²) in [5.41, 5.74) is 1.87. The standard InChI is InChI=1S/C32H42N4O8S2/c1-22-6-12-27(13-7-22)46(42,43)36(31(38)28-21-45(40,41)19-18-34-28)29(32(39)44-26-4-2-3-5-26)20-23-8-10-25(11-9-23)35-30(37)24-14-16-33-17-15-24/h6-13,24,26,28-29,33-34H,2-5,14-21H2,1H3,(H,35,37)/t28?,29-/m0/s1. The zero-order valence-corrected chi connectivity index (χ0v) is 27.6. The molecule has 3 N–H and O–H groups in total. The van der Waals surface area contributed by atoms with Crippen LogP contribution in [0.15, 0.2) is 53.4 Å². The van der Waals surface area contributed by atoms with Gasteiger partial charge in [-0.05, 0) is 88.4 Å². The molecule has 3 fully saturated rings. The van der Waals surface area contributed by atoms with Crippen LogP contribution in [0.25, 0.3) is 0 Å². The first-order chi connectivity index (χ1) is 21.9. The number of piperidine rings is 1. The fourth-order valence-electron chi connectivity index (χ4n) is 6.15. The molecule has 46 heavy (non-hydrogen) atoms. The van der Waals surface area contributed by atoms with Gasteiger partial charge in [-0.25, -0.2) is 25.9 Å². The van der Waals surface area contributed by atoms with Gasteiger partial charge >= 0.3 is 5.97 Å². The maximum atomic E-state index is 14.3. The highest BCUT2D eigenvalue weighted by Crippen LogP contribution is 2.27. The Morgan fingerprint density at radius 3 is 2.24 bits per heavy atom. The molecule has 2 amide bonds. The summed E-state index contributed by atoms with van der Waals surface area (Å²) < 4.78 is 59.8. The molecule has 5 rings (SSSR count). The van der Waals surface area contributed by atoms with Crippen molar-refractivity contribution in [2.75, 3.05) is 36.5 Å². The Morgan fingerprint density at radius 1 is 0.957 bits per heavy atom. The third-order valence-electron chi connectivity index (χ3n) is 8.82. The van der Waals surface area contributed by atoms with Crippen molar-refractivity contribution in [3.8, 4) is 0 Å². The van der Waals surface area contributed by atoms with Crippen molar-refractivity contribution >= 4 is 43.3 Å². The Hall–Kier alpha value is -3.33. The highest BCUT2D eigenvalue weighted by molar-refractivity contribution is 7.91. The van der Waals surface area contributed by atoms with E-state index in [2.05, 4.69) is 16.0 Å². The normalized spacial score (nSPS) is 21.3. The number of sulfonamides is 1. The van der Waals surface area contributed by atoms with E-state index >= 15 is 0 Å². The largest absolute Gasteiger partial charge is 0.461 e. The van der Waals surface area contributed by atoms with E-state index in [1.165, 1.54) is 12.1 Å². The third kappa shape index (κ3) is 8.33. The molecular formula is C32H42N4O8S2. The summed E-state index contributed by atoms with van der Waals surface area (Å²) in [6, 6.07) is 9.58. The molecule has 1 saturated carbocycles. The second-order valence-corrected chi connectivity index (χ2v) is 16.4. The van der Waals surface area contributed by atoms with Gasteiger partial charge in [-0.15, -0.1) is 0 Å². The first-order valence-electron chi connectivity index (χ1n) is 15.8. The lowest BCUT2D eigenvalue weighted by Gasteiger charge is -2.34. The minimum absolute atomic E-state index is 0.0289. The number of aryl methyl sites for hydroxylation is 1. The summed E-state index contributed by atoms with van der Waals surface area (Å²) in [7, 11) is -8.28. The molecule has 2 atom stereocenters. The van der Waals surface area contributed by atoms with E-state index in [0.29, 0.717) is 28.4 Å². The van der Waals surface area contributed by atoms with Crippen molar-refractivity contribution in [1.82, 2.24) is 14.9 Å². The van der Waals surface area contributed by atoms with Crippen LogP contribution >= 0.6 is 0 Å². The lowest BCUT2D eigenvalue weighted by atomic mass is 9.97. The minimum atomic E-state index is -4.65. The molecule has 0 radical (unpaired) electrons. The van der Waals surface area contributed by atoms with Crippen molar-refractivity contribution in [3.05, 3.63) is 59.7 Å².